The van der Waals surface area contributed by atoms with Crippen molar-refractivity contribution in [2.24, 2.45) is 11.3 Å². The van der Waals surface area contributed by atoms with Crippen LogP contribution in [0.3, 0.4) is 0 Å². The second-order valence-corrected chi connectivity index (χ2v) is 11.6. The number of benzene rings is 2. The summed E-state index contributed by atoms with van der Waals surface area (Å²) in [6.07, 6.45) is 3.76. The number of pyridine rings is 2. The van der Waals surface area contributed by atoms with E-state index in [1.807, 2.05) is 42.3 Å². The Bertz CT molecular complexity index is 1580. The molecule has 2 amide bonds. The Hall–Kier alpha value is -4.27. The first-order valence-electron chi connectivity index (χ1n) is 13.7. The van der Waals surface area contributed by atoms with Gasteiger partial charge in [-0.25, -0.2) is 18.6 Å². The maximum atomic E-state index is 15.0. The minimum Gasteiger partial charge on any atom is -0.497 e. The fourth-order valence-corrected chi connectivity index (χ4v) is 5.62. The first-order valence-corrected chi connectivity index (χ1v) is 13.7. The minimum atomic E-state index is -0.844. The zero-order valence-electron chi connectivity index (χ0n) is 24.0. The molecule has 2 aromatic carbocycles. The van der Waals surface area contributed by atoms with Crippen molar-refractivity contribution in [3.05, 3.63) is 77.6 Å². The van der Waals surface area contributed by atoms with E-state index >= 15 is 4.39 Å². The van der Waals surface area contributed by atoms with Gasteiger partial charge >= 0.3 is 6.03 Å². The summed E-state index contributed by atoms with van der Waals surface area (Å²) in [4.78, 5) is 23.8. The van der Waals surface area contributed by atoms with Gasteiger partial charge in [-0.2, -0.15) is 0 Å². The third-order valence-electron chi connectivity index (χ3n) is 7.67. The summed E-state index contributed by atoms with van der Waals surface area (Å²) in [7, 11) is 3.59. The Morgan fingerprint density at radius 3 is 2.49 bits per heavy atom. The maximum absolute atomic E-state index is 15.0. The van der Waals surface area contributed by atoms with Crippen LogP contribution in [0, 0.1) is 29.9 Å². The lowest BCUT2D eigenvalue weighted by atomic mass is 9.64. The number of fused-ring (bicyclic) bond motifs is 1. The topological polar surface area (TPSA) is 79.4 Å². The summed E-state index contributed by atoms with van der Waals surface area (Å²) >= 11 is 0. The number of methoxy groups -OCH3 is 1. The van der Waals surface area contributed by atoms with E-state index in [1.165, 1.54) is 6.07 Å². The van der Waals surface area contributed by atoms with Crippen LogP contribution < -0.4 is 20.3 Å². The molecule has 2 N–H and O–H groups in total. The van der Waals surface area contributed by atoms with Gasteiger partial charge in [-0.15, -0.1) is 0 Å². The van der Waals surface area contributed by atoms with Gasteiger partial charge in [-0.1, -0.05) is 26.0 Å². The molecule has 1 fully saturated rings. The monoisotopic (exact) mass is 559 g/mol. The number of rotatable bonds is 8. The molecule has 1 aliphatic carbocycles. The molecule has 0 unspecified atom stereocenters. The number of nitrogens with zero attached hydrogens (tertiary/aromatic N) is 3. The number of urea groups is 1. The highest BCUT2D eigenvalue weighted by atomic mass is 19.1. The second kappa shape index (κ2) is 11.3. The van der Waals surface area contributed by atoms with E-state index in [2.05, 4.69) is 29.5 Å². The second-order valence-electron chi connectivity index (χ2n) is 11.6. The SMILES string of the molecule is COc1ccc(CN(C)c2cc3nc(C)c(-c4cc(NC(=O)NCC5CC(C)(C)C5)c(F)cc4F)cc3cn2)cc1. The quantitative estimate of drug-likeness (QED) is 0.241. The Kier molecular flexibility index (Phi) is 7.80. The predicted octanol–water partition coefficient (Wildman–Crippen LogP) is 7.09. The van der Waals surface area contributed by atoms with Crippen LogP contribution in [0.4, 0.5) is 25.1 Å². The summed E-state index contributed by atoms with van der Waals surface area (Å²) in [5.74, 6) is 0.366. The van der Waals surface area contributed by atoms with Crippen LogP contribution in [-0.4, -0.2) is 36.7 Å². The number of carbonyl (C=O) groups is 1. The van der Waals surface area contributed by atoms with Gasteiger partial charge in [-0.3, -0.25) is 4.98 Å². The molecular formula is C32H35F2N5O2. The largest absolute Gasteiger partial charge is 0.497 e. The number of carbonyl (C=O) groups excluding carboxylic acids is 1. The summed E-state index contributed by atoms with van der Waals surface area (Å²) in [5.41, 5.74) is 3.23. The van der Waals surface area contributed by atoms with Gasteiger partial charge in [0, 0.05) is 60.7 Å². The van der Waals surface area contributed by atoms with Crippen molar-refractivity contribution in [3.8, 4) is 16.9 Å². The van der Waals surface area contributed by atoms with Gasteiger partial charge in [0.25, 0.3) is 0 Å². The maximum Gasteiger partial charge on any atom is 0.319 e. The van der Waals surface area contributed by atoms with Crippen LogP contribution in [0.25, 0.3) is 22.0 Å². The van der Waals surface area contributed by atoms with E-state index < -0.39 is 17.7 Å². The van der Waals surface area contributed by atoms with Crippen LogP contribution in [0.5, 0.6) is 5.75 Å². The average molecular weight is 560 g/mol. The molecule has 1 saturated carbocycles. The lowest BCUT2D eigenvalue weighted by Crippen LogP contribution is -2.41. The van der Waals surface area contributed by atoms with Gasteiger partial charge < -0.3 is 20.3 Å². The third-order valence-corrected chi connectivity index (χ3v) is 7.67. The lowest BCUT2D eigenvalue weighted by Gasteiger charge is -2.42. The van der Waals surface area contributed by atoms with Gasteiger partial charge in [0.1, 0.15) is 23.2 Å². The zero-order chi connectivity index (χ0) is 29.3. The van der Waals surface area contributed by atoms with E-state index in [0.29, 0.717) is 46.6 Å². The van der Waals surface area contributed by atoms with Crippen molar-refractivity contribution < 1.29 is 18.3 Å². The van der Waals surface area contributed by atoms with Crippen LogP contribution in [0.2, 0.25) is 0 Å². The lowest BCUT2D eigenvalue weighted by molar-refractivity contribution is 0.0978. The molecule has 0 saturated heterocycles. The highest BCUT2D eigenvalue weighted by Gasteiger charge is 2.35. The molecule has 5 rings (SSSR count). The molecule has 0 bridgehead atoms. The van der Waals surface area contributed by atoms with Crippen molar-refractivity contribution in [2.75, 3.05) is 30.9 Å². The van der Waals surface area contributed by atoms with Crippen molar-refractivity contribution in [2.45, 2.75) is 40.2 Å². The highest BCUT2D eigenvalue weighted by Crippen LogP contribution is 2.44. The van der Waals surface area contributed by atoms with Crippen molar-refractivity contribution in [3.63, 3.8) is 0 Å². The summed E-state index contributed by atoms with van der Waals surface area (Å²) in [6, 6.07) is 13.1. The van der Waals surface area contributed by atoms with Gasteiger partial charge in [0.2, 0.25) is 0 Å². The predicted molar refractivity (Wildman–Crippen MR) is 158 cm³/mol. The Balaban J connectivity index is 1.33. The minimum absolute atomic E-state index is 0.0963. The standard InChI is InChI=1S/C32H35F2N5O2/c1-19-24(25-11-29(27(34)12-26(25)33)38-31(40)36-16-21-14-32(2,3)15-21)10-22-17-35-30(13-28(22)37-19)39(4)18-20-6-8-23(41-5)9-7-20/h6-13,17,21H,14-16,18H2,1-5H3,(H2,36,38,40). The molecule has 214 valence electrons. The Morgan fingerprint density at radius 2 is 1.80 bits per heavy atom. The van der Waals surface area contributed by atoms with Crippen molar-refractivity contribution in [1.29, 1.82) is 0 Å². The molecule has 0 atom stereocenters. The fourth-order valence-electron chi connectivity index (χ4n) is 5.62. The van der Waals surface area contributed by atoms with Gasteiger partial charge in [0.05, 0.1) is 18.3 Å². The number of ether oxygens (including phenoxy) is 1. The number of nitrogens with one attached hydrogen (secondary N) is 2. The number of halogens is 2. The molecule has 41 heavy (non-hydrogen) atoms. The zero-order valence-corrected chi connectivity index (χ0v) is 24.0. The van der Waals surface area contributed by atoms with Gasteiger partial charge in [-0.05, 0) is 60.9 Å². The third kappa shape index (κ3) is 6.39. The summed E-state index contributed by atoms with van der Waals surface area (Å²) in [6.45, 7) is 7.32. The molecule has 0 aliphatic heterocycles. The normalized spacial score (nSPS) is 14.4. The van der Waals surface area contributed by atoms with E-state index in [-0.39, 0.29) is 11.3 Å². The number of hydrogen-bond acceptors (Lipinski definition) is 5. The first kappa shape index (κ1) is 28.3. The Labute approximate surface area is 239 Å². The molecule has 0 spiro atoms. The number of amides is 2. The Morgan fingerprint density at radius 1 is 1.07 bits per heavy atom. The smallest absolute Gasteiger partial charge is 0.319 e. The van der Waals surface area contributed by atoms with Crippen molar-refractivity contribution in [1.82, 2.24) is 15.3 Å². The summed E-state index contributed by atoms with van der Waals surface area (Å²) < 4.78 is 34.9. The fraction of sp³-hybridized carbons (Fsp3) is 0.344. The molecule has 1 aliphatic rings. The molecule has 2 heterocycles. The molecule has 7 nitrogen and oxygen atoms in total. The average Bonchev–Trinajstić information content (AvgIpc) is 2.92. The van der Waals surface area contributed by atoms with E-state index in [4.69, 9.17) is 9.72 Å². The van der Waals surface area contributed by atoms with E-state index in [0.717, 1.165) is 36.0 Å². The molecule has 9 heteroatoms. The van der Waals surface area contributed by atoms with Crippen LogP contribution in [0.1, 0.15) is 37.9 Å². The highest BCUT2D eigenvalue weighted by molar-refractivity contribution is 5.91. The molecule has 2 aromatic heterocycles. The number of hydrogen-bond donors (Lipinski definition) is 2. The van der Waals surface area contributed by atoms with Crippen LogP contribution in [0.15, 0.2) is 54.7 Å². The molecular weight excluding hydrogens is 524 g/mol. The summed E-state index contributed by atoms with van der Waals surface area (Å²) in [5, 5.41) is 6.05. The van der Waals surface area contributed by atoms with Crippen LogP contribution in [-0.2, 0) is 6.54 Å². The van der Waals surface area contributed by atoms with Crippen molar-refractivity contribution >= 4 is 28.4 Å². The van der Waals surface area contributed by atoms with E-state index in [1.54, 1.807) is 26.3 Å². The number of aromatic nitrogens is 2. The molecule has 0 radical (unpaired) electrons. The number of anilines is 2. The molecule has 4 aromatic rings. The first-order chi connectivity index (χ1) is 19.5. The number of aryl methyl sites for hydroxylation is 1. The van der Waals surface area contributed by atoms with Gasteiger partial charge in [0.15, 0.2) is 0 Å². The van der Waals surface area contributed by atoms with Crippen LogP contribution >= 0.6 is 0 Å². The van der Waals surface area contributed by atoms with E-state index in [9.17, 15) is 9.18 Å².